The lowest BCUT2D eigenvalue weighted by molar-refractivity contribution is -0.156. The smallest absolute Gasteiger partial charge is 0.306 e. The minimum atomic E-state index is -3.99. The van der Waals surface area contributed by atoms with E-state index in [1.165, 1.54) is 11.0 Å². The maximum atomic E-state index is 14.6. The second-order valence-electron chi connectivity index (χ2n) is 16.4. The first kappa shape index (κ1) is 38.5. The quantitative estimate of drug-likeness (QED) is 0.224. The molecule has 1 aromatic heterocycles. The van der Waals surface area contributed by atoms with E-state index >= 15 is 0 Å². The number of aryl methyl sites for hydroxylation is 1. The number of nitrogens with zero attached hydrogens (tertiary/aromatic N) is 3. The van der Waals surface area contributed by atoms with Gasteiger partial charge in [0.25, 0.3) is 5.91 Å². The third-order valence-corrected chi connectivity index (χ3v) is 13.5. The van der Waals surface area contributed by atoms with E-state index in [1.807, 2.05) is 20.8 Å². The number of methoxy groups -OCH3 is 1. The topological polar surface area (TPSA) is 183 Å². The second-order valence-corrected chi connectivity index (χ2v) is 18.6. The Kier molecular flexibility index (Phi) is 10.3. The van der Waals surface area contributed by atoms with Gasteiger partial charge in [-0.1, -0.05) is 26.8 Å². The first-order chi connectivity index (χ1) is 24.9. The lowest BCUT2D eigenvalue weighted by atomic mass is 9.77. The number of likely N-dealkylation sites (tertiary alicyclic amines) is 1. The Morgan fingerprint density at radius 2 is 1.79 bits per heavy atom. The van der Waals surface area contributed by atoms with E-state index < -0.39 is 73.4 Å². The van der Waals surface area contributed by atoms with Gasteiger partial charge in [-0.25, -0.2) is 18.4 Å². The van der Waals surface area contributed by atoms with Gasteiger partial charge in [0.15, 0.2) is 0 Å². The molecular formula is C38H51N5O9S. The van der Waals surface area contributed by atoms with Gasteiger partial charge in [-0.3, -0.25) is 23.9 Å². The van der Waals surface area contributed by atoms with Crippen LogP contribution in [0.2, 0.25) is 0 Å². The van der Waals surface area contributed by atoms with Crippen LogP contribution >= 0.6 is 0 Å². The van der Waals surface area contributed by atoms with Crippen LogP contribution in [0, 0.1) is 24.2 Å². The largest absolute Gasteiger partial charge is 0.497 e. The third kappa shape index (κ3) is 7.85. The number of carbonyl (C=O) groups is 4. The van der Waals surface area contributed by atoms with Crippen LogP contribution in [0.1, 0.15) is 91.2 Å². The summed E-state index contributed by atoms with van der Waals surface area (Å²) in [6.45, 7) is 12.7. The average molecular weight is 754 g/mol. The maximum Gasteiger partial charge on any atom is 0.306 e. The van der Waals surface area contributed by atoms with Gasteiger partial charge in [0.2, 0.25) is 27.7 Å². The number of fused-ring (bicyclic) bond motifs is 1. The summed E-state index contributed by atoms with van der Waals surface area (Å²) >= 11 is 0. The van der Waals surface area contributed by atoms with Gasteiger partial charge >= 0.3 is 5.97 Å². The third-order valence-electron chi connectivity index (χ3n) is 11.3. The molecular weight excluding hydrogens is 703 g/mol. The molecule has 15 heteroatoms. The van der Waals surface area contributed by atoms with Crippen molar-refractivity contribution in [2.45, 2.75) is 121 Å². The summed E-state index contributed by atoms with van der Waals surface area (Å²) in [4.78, 5) is 66.4. The van der Waals surface area contributed by atoms with Crippen molar-refractivity contribution in [3.63, 3.8) is 0 Å². The first-order valence-corrected chi connectivity index (χ1v) is 19.9. The van der Waals surface area contributed by atoms with Gasteiger partial charge in [-0.15, -0.1) is 6.58 Å². The lowest BCUT2D eigenvalue weighted by Crippen LogP contribution is -2.57. The summed E-state index contributed by atoms with van der Waals surface area (Å²) in [5.41, 5.74) is -0.575. The summed E-state index contributed by atoms with van der Waals surface area (Å²) < 4.78 is 44.6. The molecule has 5 atom stereocenters. The van der Waals surface area contributed by atoms with Crippen LogP contribution < -0.4 is 19.5 Å². The molecule has 1 aromatic carbocycles. The van der Waals surface area contributed by atoms with E-state index in [2.05, 4.69) is 26.6 Å². The molecule has 6 rings (SSSR count). The summed E-state index contributed by atoms with van der Waals surface area (Å²) in [5, 5.41) is 2.82. The number of nitrogens with one attached hydrogen (secondary N) is 2. The Bertz CT molecular complexity index is 1920. The van der Waals surface area contributed by atoms with Gasteiger partial charge in [0, 0.05) is 18.4 Å². The highest BCUT2D eigenvalue weighted by atomic mass is 32.2. The summed E-state index contributed by atoms with van der Waals surface area (Å²) in [7, 11) is -2.44. The van der Waals surface area contributed by atoms with Crippen molar-refractivity contribution in [3.05, 3.63) is 36.5 Å². The number of sulfonamides is 1. The zero-order valence-electron chi connectivity index (χ0n) is 31.4. The van der Waals surface area contributed by atoms with E-state index in [0.29, 0.717) is 35.3 Å². The minimum Gasteiger partial charge on any atom is -0.497 e. The molecule has 0 radical (unpaired) electrons. The van der Waals surface area contributed by atoms with E-state index in [4.69, 9.17) is 14.2 Å². The molecule has 2 aromatic rings. The molecule has 3 aliphatic carbocycles. The molecule has 1 saturated heterocycles. The number of aromatic nitrogens is 2. The van der Waals surface area contributed by atoms with Crippen molar-refractivity contribution >= 4 is 44.7 Å². The molecule has 0 spiro atoms. The standard InChI is InChI=1S/C38H51N5O9S/c1-8-23-20-38(23,35(47)42-53(48,49)37(6)15-16-37)41-32(45)30-18-26(52-33-22(2)39-28-14-13-25(50-7)17-29(28)40-33)21-43(30)34(46)27(36(3,4)5)19-31(44)51-24-11-9-10-12-24/h8,13-14,17,23-24,26-27,30H,1,9-12,15-16,18-21H2,2-7H3,(H,41,45)(H,42,47)/t23-,26-,27-,30+,38-/m1/s1. The molecule has 4 fully saturated rings. The number of amides is 3. The van der Waals surface area contributed by atoms with E-state index in [9.17, 15) is 27.6 Å². The predicted octanol–water partition coefficient (Wildman–Crippen LogP) is 3.89. The fraction of sp³-hybridized carbons (Fsp3) is 0.632. The fourth-order valence-electron chi connectivity index (χ4n) is 7.37. The van der Waals surface area contributed by atoms with Gasteiger partial charge < -0.3 is 24.4 Å². The molecule has 2 N–H and O–H groups in total. The molecule has 2 heterocycles. The zero-order valence-corrected chi connectivity index (χ0v) is 32.2. The van der Waals surface area contributed by atoms with Crippen LogP contribution in [-0.2, 0) is 33.9 Å². The van der Waals surface area contributed by atoms with Crippen LogP contribution in [0.3, 0.4) is 0 Å². The maximum absolute atomic E-state index is 14.6. The summed E-state index contributed by atoms with van der Waals surface area (Å²) in [6.07, 6.45) is 5.04. The lowest BCUT2D eigenvalue weighted by Gasteiger charge is -2.35. The molecule has 14 nitrogen and oxygen atoms in total. The Morgan fingerprint density at radius 1 is 1.09 bits per heavy atom. The van der Waals surface area contributed by atoms with Gasteiger partial charge in [0.05, 0.1) is 41.8 Å². The van der Waals surface area contributed by atoms with Crippen molar-refractivity contribution in [1.82, 2.24) is 24.9 Å². The molecule has 4 aliphatic rings. The van der Waals surface area contributed by atoms with E-state index in [-0.39, 0.29) is 37.8 Å². The van der Waals surface area contributed by atoms with Gasteiger partial charge in [-0.2, -0.15) is 0 Å². The van der Waals surface area contributed by atoms with Crippen LogP contribution in [0.5, 0.6) is 11.6 Å². The average Bonchev–Trinajstić information content (AvgIpc) is 3.88. The molecule has 3 amide bonds. The summed E-state index contributed by atoms with van der Waals surface area (Å²) in [5.74, 6) is -2.94. The Morgan fingerprint density at radius 3 is 2.40 bits per heavy atom. The van der Waals surface area contributed by atoms with Crippen molar-refractivity contribution in [2.24, 2.45) is 17.3 Å². The van der Waals surface area contributed by atoms with Crippen molar-refractivity contribution in [3.8, 4) is 11.6 Å². The monoisotopic (exact) mass is 753 g/mol. The van der Waals surface area contributed by atoms with Crippen molar-refractivity contribution < 1.29 is 41.8 Å². The number of esters is 1. The van der Waals surface area contributed by atoms with Crippen molar-refractivity contribution in [2.75, 3.05) is 13.7 Å². The number of rotatable bonds is 13. The van der Waals surface area contributed by atoms with Crippen LogP contribution in [-0.4, -0.2) is 89.2 Å². The molecule has 288 valence electrons. The number of carbonyl (C=O) groups excluding carboxylic acids is 4. The molecule has 0 unspecified atom stereocenters. The number of hydrogen-bond acceptors (Lipinski definition) is 11. The molecule has 0 bridgehead atoms. The first-order valence-electron chi connectivity index (χ1n) is 18.4. The molecule has 3 saturated carbocycles. The zero-order chi connectivity index (χ0) is 38.5. The number of ether oxygens (including phenoxy) is 3. The van der Waals surface area contributed by atoms with Gasteiger partial charge in [-0.05, 0) is 76.3 Å². The Balaban J connectivity index is 1.28. The predicted molar refractivity (Wildman–Crippen MR) is 195 cm³/mol. The second kappa shape index (κ2) is 14.2. The normalized spacial score (nSPS) is 25.7. The van der Waals surface area contributed by atoms with E-state index in [1.54, 1.807) is 39.2 Å². The fourth-order valence-corrected chi connectivity index (χ4v) is 8.68. The minimum absolute atomic E-state index is 0.0186. The highest BCUT2D eigenvalue weighted by molar-refractivity contribution is 7.91. The van der Waals surface area contributed by atoms with Crippen molar-refractivity contribution in [1.29, 1.82) is 0 Å². The molecule has 1 aliphatic heterocycles. The van der Waals surface area contributed by atoms with Crippen LogP contribution in [0.4, 0.5) is 0 Å². The SMILES string of the molecule is C=C[C@@H]1C[C@]1(NC(=O)[C@@H]1C[C@@H](Oc2nc3cc(OC)ccc3nc2C)CN1C(=O)[C@@H](CC(=O)OC1CCCC1)C(C)(C)C)C(=O)NS(=O)(=O)C1(C)CC1. The number of hydrogen-bond donors (Lipinski definition) is 2. The van der Waals surface area contributed by atoms with Crippen LogP contribution in [0.25, 0.3) is 11.0 Å². The highest BCUT2D eigenvalue weighted by Crippen LogP contribution is 2.47. The van der Waals surface area contributed by atoms with Crippen LogP contribution in [0.15, 0.2) is 30.9 Å². The van der Waals surface area contributed by atoms with E-state index in [0.717, 1.165) is 25.7 Å². The Labute approximate surface area is 310 Å². The number of benzene rings is 1. The Hall–Kier alpha value is -4.27. The molecule has 53 heavy (non-hydrogen) atoms. The van der Waals surface area contributed by atoms with Gasteiger partial charge in [0.1, 0.15) is 35.2 Å². The summed E-state index contributed by atoms with van der Waals surface area (Å²) in [6, 6.07) is 4.18. The highest BCUT2D eigenvalue weighted by Gasteiger charge is 2.63.